The number of hydrogen-bond acceptors (Lipinski definition) is 6. The summed E-state index contributed by atoms with van der Waals surface area (Å²) in [4.78, 5) is 17.2. The van der Waals surface area contributed by atoms with Gasteiger partial charge in [0, 0.05) is 10.9 Å². The van der Waals surface area contributed by atoms with E-state index in [-0.39, 0.29) is 11.6 Å². The van der Waals surface area contributed by atoms with Gasteiger partial charge in [-0.05, 0) is 32.0 Å². The number of rotatable bonds is 5. The number of para-hydroxylation sites is 1. The fourth-order valence-electron chi connectivity index (χ4n) is 2.87. The molecule has 0 aliphatic carbocycles. The lowest BCUT2D eigenvalue weighted by Gasteiger charge is -2.01. The van der Waals surface area contributed by atoms with Crippen LogP contribution in [0.1, 0.15) is 22.0 Å². The van der Waals surface area contributed by atoms with E-state index in [9.17, 15) is 4.79 Å². The number of nitrogens with one attached hydrogen (secondary N) is 1. The van der Waals surface area contributed by atoms with Gasteiger partial charge in [-0.3, -0.25) is 10.1 Å². The van der Waals surface area contributed by atoms with Crippen molar-refractivity contribution in [2.24, 2.45) is 0 Å². The zero-order valence-corrected chi connectivity index (χ0v) is 16.4. The van der Waals surface area contributed by atoms with E-state index >= 15 is 0 Å². The third kappa shape index (κ3) is 3.41. The minimum Gasteiger partial charge on any atom is -0.493 e. The topological polar surface area (TPSA) is 82.2 Å². The zero-order valence-electron chi connectivity index (χ0n) is 15.6. The number of furan rings is 1. The SMILES string of the molecule is COc1cn(-c2ccccc2)nc1C(=O)Nc1nc(-c2cc(C)oc2C)cs1. The summed E-state index contributed by atoms with van der Waals surface area (Å²) in [6.07, 6.45) is 1.68. The van der Waals surface area contributed by atoms with Gasteiger partial charge in [0.1, 0.15) is 11.5 Å². The smallest absolute Gasteiger partial charge is 0.281 e. The number of carbonyl (C=O) groups is 1. The number of aromatic nitrogens is 3. The van der Waals surface area contributed by atoms with Gasteiger partial charge in [0.15, 0.2) is 16.6 Å². The van der Waals surface area contributed by atoms with E-state index in [0.29, 0.717) is 10.9 Å². The van der Waals surface area contributed by atoms with E-state index < -0.39 is 0 Å². The summed E-state index contributed by atoms with van der Waals surface area (Å²) in [6.45, 7) is 3.78. The highest BCUT2D eigenvalue weighted by atomic mass is 32.1. The van der Waals surface area contributed by atoms with Crippen molar-refractivity contribution in [3.05, 3.63) is 65.2 Å². The van der Waals surface area contributed by atoms with Gasteiger partial charge in [0.25, 0.3) is 5.91 Å². The third-order valence-corrected chi connectivity index (χ3v) is 4.94. The number of benzene rings is 1. The van der Waals surface area contributed by atoms with Crippen molar-refractivity contribution < 1.29 is 13.9 Å². The summed E-state index contributed by atoms with van der Waals surface area (Å²) in [5.41, 5.74) is 2.71. The first-order valence-corrected chi connectivity index (χ1v) is 9.46. The van der Waals surface area contributed by atoms with Crippen LogP contribution in [0, 0.1) is 13.8 Å². The molecule has 0 atom stereocenters. The van der Waals surface area contributed by atoms with Crippen LogP contribution in [0.3, 0.4) is 0 Å². The molecule has 3 aromatic heterocycles. The highest BCUT2D eigenvalue weighted by Crippen LogP contribution is 2.30. The van der Waals surface area contributed by atoms with Crippen LogP contribution >= 0.6 is 11.3 Å². The molecule has 0 spiro atoms. The highest BCUT2D eigenvalue weighted by Gasteiger charge is 2.20. The zero-order chi connectivity index (χ0) is 19.7. The van der Waals surface area contributed by atoms with Gasteiger partial charge in [0.05, 0.1) is 24.7 Å². The maximum absolute atomic E-state index is 12.7. The highest BCUT2D eigenvalue weighted by molar-refractivity contribution is 7.14. The summed E-state index contributed by atoms with van der Waals surface area (Å²) >= 11 is 1.34. The van der Waals surface area contributed by atoms with Gasteiger partial charge in [-0.15, -0.1) is 11.3 Å². The molecular formula is C20H18N4O3S. The van der Waals surface area contributed by atoms with Gasteiger partial charge in [-0.2, -0.15) is 5.10 Å². The first-order valence-electron chi connectivity index (χ1n) is 8.58. The van der Waals surface area contributed by atoms with Gasteiger partial charge in [-0.25, -0.2) is 9.67 Å². The number of thiazole rings is 1. The first-order chi connectivity index (χ1) is 13.5. The molecule has 0 aliphatic rings. The average Bonchev–Trinajstić information content (AvgIpc) is 3.40. The lowest BCUT2D eigenvalue weighted by molar-refractivity contribution is 0.101. The summed E-state index contributed by atoms with van der Waals surface area (Å²) in [5.74, 6) is 1.62. The predicted octanol–water partition coefficient (Wildman–Crippen LogP) is 4.47. The molecule has 1 amide bonds. The minimum atomic E-state index is -0.382. The Kier molecular flexibility index (Phi) is 4.70. The lowest BCUT2D eigenvalue weighted by Crippen LogP contribution is -2.14. The van der Waals surface area contributed by atoms with Crippen LogP contribution in [0.15, 0.2) is 52.4 Å². The second-order valence-electron chi connectivity index (χ2n) is 6.15. The number of ether oxygens (including phenoxy) is 1. The third-order valence-electron chi connectivity index (χ3n) is 4.18. The van der Waals surface area contributed by atoms with Crippen LogP contribution < -0.4 is 10.1 Å². The maximum Gasteiger partial charge on any atom is 0.281 e. The Morgan fingerprint density at radius 1 is 1.25 bits per heavy atom. The summed E-state index contributed by atoms with van der Waals surface area (Å²) in [6, 6.07) is 11.5. The molecule has 4 aromatic rings. The van der Waals surface area contributed by atoms with Crippen LogP contribution in [0.4, 0.5) is 5.13 Å². The molecule has 8 heteroatoms. The number of carbonyl (C=O) groups excluding carboxylic acids is 1. The van der Waals surface area contributed by atoms with Crippen molar-refractivity contribution in [3.8, 4) is 22.7 Å². The normalized spacial score (nSPS) is 10.8. The van der Waals surface area contributed by atoms with E-state index in [0.717, 1.165) is 28.5 Å². The van der Waals surface area contributed by atoms with Gasteiger partial charge in [0.2, 0.25) is 0 Å². The molecule has 0 aliphatic heterocycles. The van der Waals surface area contributed by atoms with Gasteiger partial charge >= 0.3 is 0 Å². The average molecular weight is 394 g/mol. The molecule has 3 heterocycles. The number of amides is 1. The Balaban J connectivity index is 1.57. The Morgan fingerprint density at radius 3 is 2.71 bits per heavy atom. The molecule has 0 saturated heterocycles. The summed E-state index contributed by atoms with van der Waals surface area (Å²) in [7, 11) is 1.51. The molecule has 1 aromatic carbocycles. The molecule has 142 valence electrons. The van der Waals surface area contributed by atoms with Crippen LogP contribution in [0.2, 0.25) is 0 Å². The number of hydrogen-bond donors (Lipinski definition) is 1. The quantitative estimate of drug-likeness (QED) is 0.540. The Bertz CT molecular complexity index is 1130. The van der Waals surface area contributed by atoms with Crippen molar-refractivity contribution in [1.82, 2.24) is 14.8 Å². The summed E-state index contributed by atoms with van der Waals surface area (Å²) in [5, 5.41) is 9.53. The lowest BCUT2D eigenvalue weighted by atomic mass is 10.2. The van der Waals surface area contributed by atoms with Gasteiger partial charge < -0.3 is 9.15 Å². The summed E-state index contributed by atoms with van der Waals surface area (Å²) < 4.78 is 12.5. The number of anilines is 1. The fraction of sp³-hybridized carbons (Fsp3) is 0.150. The second kappa shape index (κ2) is 7.32. The largest absolute Gasteiger partial charge is 0.493 e. The first kappa shape index (κ1) is 18.0. The Hall–Kier alpha value is -3.39. The number of methoxy groups -OCH3 is 1. The monoisotopic (exact) mass is 394 g/mol. The van der Waals surface area contributed by atoms with E-state index in [1.807, 2.05) is 55.6 Å². The van der Waals surface area contributed by atoms with Gasteiger partial charge in [-0.1, -0.05) is 18.2 Å². The number of nitrogens with zero attached hydrogens (tertiary/aromatic N) is 3. The Labute approximate surface area is 165 Å². The molecule has 1 N–H and O–H groups in total. The Morgan fingerprint density at radius 2 is 2.04 bits per heavy atom. The standard InChI is InChI=1S/C20H18N4O3S/c1-12-9-15(13(2)27-12)16-11-28-20(21-16)22-19(25)18-17(26-3)10-24(23-18)14-7-5-4-6-8-14/h4-11H,1-3H3,(H,21,22,25). The molecule has 0 bridgehead atoms. The molecule has 7 nitrogen and oxygen atoms in total. The van der Waals surface area contributed by atoms with Crippen LogP contribution in [-0.2, 0) is 0 Å². The van der Waals surface area contributed by atoms with E-state index in [1.165, 1.54) is 18.4 Å². The van der Waals surface area contributed by atoms with Crippen LogP contribution in [0.5, 0.6) is 5.75 Å². The molecular weight excluding hydrogens is 376 g/mol. The van der Waals surface area contributed by atoms with Crippen molar-refractivity contribution >= 4 is 22.4 Å². The second-order valence-corrected chi connectivity index (χ2v) is 7.00. The van der Waals surface area contributed by atoms with Crippen molar-refractivity contribution in [2.75, 3.05) is 12.4 Å². The molecule has 0 unspecified atom stereocenters. The van der Waals surface area contributed by atoms with E-state index in [4.69, 9.17) is 9.15 Å². The fourth-order valence-corrected chi connectivity index (χ4v) is 3.58. The van der Waals surface area contributed by atoms with Crippen molar-refractivity contribution in [1.29, 1.82) is 0 Å². The minimum absolute atomic E-state index is 0.193. The molecule has 28 heavy (non-hydrogen) atoms. The van der Waals surface area contributed by atoms with Crippen LogP contribution in [-0.4, -0.2) is 27.8 Å². The molecule has 4 rings (SSSR count). The van der Waals surface area contributed by atoms with Crippen LogP contribution in [0.25, 0.3) is 16.9 Å². The number of aryl methyl sites for hydroxylation is 2. The predicted molar refractivity (Wildman–Crippen MR) is 107 cm³/mol. The van der Waals surface area contributed by atoms with Crippen molar-refractivity contribution in [2.45, 2.75) is 13.8 Å². The van der Waals surface area contributed by atoms with E-state index in [1.54, 1.807) is 10.9 Å². The maximum atomic E-state index is 12.7. The van der Waals surface area contributed by atoms with E-state index in [2.05, 4.69) is 15.4 Å². The molecule has 0 radical (unpaired) electrons. The van der Waals surface area contributed by atoms with Crippen molar-refractivity contribution in [3.63, 3.8) is 0 Å². The molecule has 0 fully saturated rings. The molecule has 0 saturated carbocycles.